The summed E-state index contributed by atoms with van der Waals surface area (Å²) in [7, 11) is 0.620. The molecular weight excluding hydrogens is 133 g/mol. The second kappa shape index (κ2) is 3.50. The lowest BCUT2D eigenvalue weighted by Crippen LogP contribution is -2.16. The zero-order valence-corrected chi connectivity index (χ0v) is 7.05. The van der Waals surface area contributed by atoms with Crippen LogP contribution < -0.4 is 0 Å². The van der Waals surface area contributed by atoms with Crippen LogP contribution in [0, 0.1) is 0 Å². The van der Waals surface area contributed by atoms with Crippen LogP contribution in [0.5, 0.6) is 0 Å². The molecule has 54 valence electrons. The molecule has 1 fully saturated rings. The maximum atomic E-state index is 5.37. The highest BCUT2D eigenvalue weighted by atomic mass is 31.1. The van der Waals surface area contributed by atoms with Crippen molar-refractivity contribution in [1.82, 2.24) is 4.67 Å². The Labute approximate surface area is 58.5 Å². The van der Waals surface area contributed by atoms with Crippen LogP contribution in [0.2, 0.25) is 0 Å². The summed E-state index contributed by atoms with van der Waals surface area (Å²) in [5.74, 6) is 0. The van der Waals surface area contributed by atoms with Gasteiger partial charge in [0.05, 0.1) is 15.1 Å². The van der Waals surface area contributed by atoms with Crippen LogP contribution in [0.4, 0.5) is 0 Å². The summed E-state index contributed by atoms with van der Waals surface area (Å²) in [6.07, 6.45) is 1.71. The second-order valence-corrected chi connectivity index (χ2v) is 3.52. The average molecular weight is 147 g/mol. The van der Waals surface area contributed by atoms with Crippen molar-refractivity contribution in [2.75, 3.05) is 13.1 Å². The minimum atomic E-state index is 0.467. The number of rotatable bonds is 2. The summed E-state index contributed by atoms with van der Waals surface area (Å²) < 4.78 is 7.74. The van der Waals surface area contributed by atoms with E-state index in [1.54, 1.807) is 0 Å². The fraction of sp³-hybridized carbons (Fsp3) is 1.00. The van der Waals surface area contributed by atoms with Crippen LogP contribution in [0.1, 0.15) is 20.3 Å². The van der Waals surface area contributed by atoms with E-state index in [1.807, 2.05) is 0 Å². The predicted octanol–water partition coefficient (Wildman–Crippen LogP) is 1.63. The van der Waals surface area contributed by atoms with Crippen LogP contribution in [0.25, 0.3) is 0 Å². The van der Waals surface area contributed by atoms with Gasteiger partial charge in [0.15, 0.2) is 0 Å². The molecule has 1 rings (SSSR count). The molecule has 0 amide bonds. The maximum absolute atomic E-state index is 5.37. The standard InChI is InChI=1S/C6H14NOP/c1-3-4-7-5-6(2)8-9-7/h6,9H,3-5H2,1-2H3. The zero-order chi connectivity index (χ0) is 6.69. The van der Waals surface area contributed by atoms with Gasteiger partial charge in [-0.3, -0.25) is 4.67 Å². The van der Waals surface area contributed by atoms with Crippen molar-refractivity contribution in [3.63, 3.8) is 0 Å². The summed E-state index contributed by atoms with van der Waals surface area (Å²) in [4.78, 5) is 0. The molecule has 0 spiro atoms. The lowest BCUT2D eigenvalue weighted by Gasteiger charge is -2.08. The molecule has 0 aromatic carbocycles. The highest BCUT2D eigenvalue weighted by molar-refractivity contribution is 7.29. The third-order valence-corrected chi connectivity index (χ3v) is 2.53. The van der Waals surface area contributed by atoms with Gasteiger partial charge in [0.2, 0.25) is 0 Å². The third-order valence-electron chi connectivity index (χ3n) is 1.35. The molecule has 1 aliphatic heterocycles. The molecule has 2 atom stereocenters. The van der Waals surface area contributed by atoms with Gasteiger partial charge in [-0.1, -0.05) is 6.92 Å². The Balaban J connectivity index is 2.14. The molecular formula is C6H14NOP. The molecule has 0 aliphatic carbocycles. The van der Waals surface area contributed by atoms with Gasteiger partial charge in [-0.2, -0.15) is 0 Å². The van der Waals surface area contributed by atoms with Crippen LogP contribution in [-0.4, -0.2) is 23.9 Å². The molecule has 9 heavy (non-hydrogen) atoms. The molecule has 1 heterocycles. The first kappa shape index (κ1) is 7.46. The highest BCUT2D eigenvalue weighted by Crippen LogP contribution is 2.29. The van der Waals surface area contributed by atoms with Crippen LogP contribution in [-0.2, 0) is 4.52 Å². The quantitative estimate of drug-likeness (QED) is 0.550. The maximum Gasteiger partial charge on any atom is 0.0894 e. The van der Waals surface area contributed by atoms with E-state index in [-0.39, 0.29) is 0 Å². The smallest absolute Gasteiger partial charge is 0.0894 e. The zero-order valence-electron chi connectivity index (χ0n) is 6.05. The van der Waals surface area contributed by atoms with Gasteiger partial charge in [-0.05, 0) is 13.3 Å². The van der Waals surface area contributed by atoms with E-state index < -0.39 is 0 Å². The third kappa shape index (κ3) is 2.21. The Kier molecular flexibility index (Phi) is 2.90. The molecule has 0 aromatic rings. The van der Waals surface area contributed by atoms with E-state index in [4.69, 9.17) is 4.52 Å². The van der Waals surface area contributed by atoms with Crippen LogP contribution >= 0.6 is 8.96 Å². The molecule has 1 aliphatic rings. The Hall–Kier alpha value is 0.350. The minimum Gasteiger partial charge on any atom is -0.342 e. The Morgan fingerprint density at radius 2 is 2.56 bits per heavy atom. The van der Waals surface area contributed by atoms with Gasteiger partial charge >= 0.3 is 0 Å². The normalized spacial score (nSPS) is 32.0. The van der Waals surface area contributed by atoms with Gasteiger partial charge in [-0.15, -0.1) is 0 Å². The predicted molar refractivity (Wildman–Crippen MR) is 40.7 cm³/mol. The molecule has 0 aromatic heterocycles. The molecule has 0 radical (unpaired) electrons. The minimum absolute atomic E-state index is 0.467. The Morgan fingerprint density at radius 1 is 1.78 bits per heavy atom. The van der Waals surface area contributed by atoms with E-state index in [0.717, 1.165) is 6.54 Å². The van der Waals surface area contributed by atoms with Gasteiger partial charge < -0.3 is 4.52 Å². The summed E-state index contributed by atoms with van der Waals surface area (Å²) in [6, 6.07) is 0. The first-order valence-electron chi connectivity index (χ1n) is 3.49. The fourth-order valence-electron chi connectivity index (χ4n) is 0.956. The Morgan fingerprint density at radius 3 is 3.00 bits per heavy atom. The SMILES string of the molecule is CCCN1CC(C)OP1. The van der Waals surface area contributed by atoms with Crippen molar-refractivity contribution < 1.29 is 4.52 Å². The van der Waals surface area contributed by atoms with Gasteiger partial charge in [0, 0.05) is 13.1 Å². The molecule has 3 heteroatoms. The monoisotopic (exact) mass is 147 g/mol. The summed E-state index contributed by atoms with van der Waals surface area (Å²) in [5.41, 5.74) is 0. The lowest BCUT2D eigenvalue weighted by atomic mass is 10.4. The van der Waals surface area contributed by atoms with Crippen molar-refractivity contribution in [3.8, 4) is 0 Å². The summed E-state index contributed by atoms with van der Waals surface area (Å²) in [5, 5.41) is 0. The lowest BCUT2D eigenvalue weighted by molar-refractivity contribution is 0.281. The summed E-state index contributed by atoms with van der Waals surface area (Å²) in [6.45, 7) is 6.66. The number of nitrogens with zero attached hydrogens (tertiary/aromatic N) is 1. The van der Waals surface area contributed by atoms with E-state index in [1.165, 1.54) is 13.0 Å². The van der Waals surface area contributed by atoms with Gasteiger partial charge in [0.25, 0.3) is 0 Å². The largest absolute Gasteiger partial charge is 0.342 e. The second-order valence-electron chi connectivity index (χ2n) is 2.47. The molecule has 0 saturated carbocycles. The van der Waals surface area contributed by atoms with Gasteiger partial charge in [-0.25, -0.2) is 0 Å². The van der Waals surface area contributed by atoms with Crippen LogP contribution in [0.3, 0.4) is 0 Å². The first-order valence-corrected chi connectivity index (χ1v) is 4.34. The summed E-state index contributed by atoms with van der Waals surface area (Å²) >= 11 is 0. The average Bonchev–Trinajstić information content (AvgIpc) is 2.17. The molecule has 2 nitrogen and oxygen atoms in total. The highest BCUT2D eigenvalue weighted by Gasteiger charge is 2.17. The molecule has 0 N–H and O–H groups in total. The van der Waals surface area contributed by atoms with E-state index in [0.29, 0.717) is 15.1 Å². The van der Waals surface area contributed by atoms with E-state index >= 15 is 0 Å². The molecule has 2 unspecified atom stereocenters. The topological polar surface area (TPSA) is 12.5 Å². The van der Waals surface area contributed by atoms with Crippen LogP contribution in [0.15, 0.2) is 0 Å². The van der Waals surface area contributed by atoms with Crippen molar-refractivity contribution >= 4 is 8.96 Å². The van der Waals surface area contributed by atoms with Crippen molar-refractivity contribution in [2.24, 2.45) is 0 Å². The number of hydrogen-bond donors (Lipinski definition) is 0. The molecule has 1 saturated heterocycles. The van der Waals surface area contributed by atoms with E-state index in [2.05, 4.69) is 18.5 Å². The van der Waals surface area contributed by atoms with Gasteiger partial charge in [0.1, 0.15) is 0 Å². The molecule has 0 bridgehead atoms. The van der Waals surface area contributed by atoms with E-state index in [9.17, 15) is 0 Å². The number of hydrogen-bond acceptors (Lipinski definition) is 2. The van der Waals surface area contributed by atoms with Crippen molar-refractivity contribution in [1.29, 1.82) is 0 Å². The van der Waals surface area contributed by atoms with Crippen molar-refractivity contribution in [3.05, 3.63) is 0 Å². The first-order chi connectivity index (χ1) is 4.33. The fourth-order valence-corrected chi connectivity index (χ4v) is 2.01. The Bertz CT molecular complexity index is 87.1. The van der Waals surface area contributed by atoms with Crippen molar-refractivity contribution in [2.45, 2.75) is 26.4 Å².